The van der Waals surface area contributed by atoms with Crippen molar-refractivity contribution >= 4 is 34.7 Å². The Morgan fingerprint density at radius 1 is 0.957 bits per heavy atom. The number of nitrogens with one attached hydrogen (secondary N) is 2. The molecule has 1 atom stereocenters. The van der Waals surface area contributed by atoms with Crippen molar-refractivity contribution in [1.29, 1.82) is 0 Å². The summed E-state index contributed by atoms with van der Waals surface area (Å²) >= 11 is 0. The monoisotopic (exact) mass is 631 g/mol. The second-order valence-electron chi connectivity index (χ2n) is 12.3. The number of carboxylic acids is 1. The fraction of sp³-hybridized carbons (Fsp3) is 0.457. The summed E-state index contributed by atoms with van der Waals surface area (Å²) in [6.07, 6.45) is 3.84. The van der Waals surface area contributed by atoms with E-state index in [1.165, 1.54) is 7.11 Å². The summed E-state index contributed by atoms with van der Waals surface area (Å²) in [5.74, 6) is -1.17. The van der Waals surface area contributed by atoms with Gasteiger partial charge in [-0.25, -0.2) is 9.59 Å². The van der Waals surface area contributed by atoms with E-state index in [2.05, 4.69) is 10.6 Å². The van der Waals surface area contributed by atoms with Crippen LogP contribution in [0.3, 0.4) is 0 Å². The maximum Gasteiger partial charge on any atom is 0.340 e. The summed E-state index contributed by atoms with van der Waals surface area (Å²) in [5.41, 5.74) is 1.46. The first-order valence-electron chi connectivity index (χ1n) is 15.9. The Bertz CT molecular complexity index is 1640. The average Bonchev–Trinajstić information content (AvgIpc) is 3.08. The van der Waals surface area contributed by atoms with Crippen LogP contribution in [-0.4, -0.2) is 60.4 Å². The quantitative estimate of drug-likeness (QED) is 0.286. The summed E-state index contributed by atoms with van der Waals surface area (Å²) in [6.45, 7) is 3.21. The van der Waals surface area contributed by atoms with Crippen LogP contribution in [0.1, 0.15) is 61.3 Å². The van der Waals surface area contributed by atoms with Crippen LogP contribution in [0.2, 0.25) is 0 Å². The number of carboxylic acid groups (broad SMARTS) is 1. The number of aliphatic carboxylic acids is 1. The van der Waals surface area contributed by atoms with Gasteiger partial charge in [-0.1, -0.05) is 30.3 Å². The number of nitrogens with zero attached hydrogens (tertiary/aromatic N) is 1. The SMILES string of the molecule is COc1ccc2c(C)c(CC(=O)N3CCC(C(=O)NCC4CCC(C(=O)NC(C(=O)O)c5ccccc5)CC4)CC3)c(=O)oc2c1. The number of fused-ring (bicyclic) bond motifs is 1. The van der Waals surface area contributed by atoms with Crippen LogP contribution in [0.5, 0.6) is 5.75 Å². The number of carbonyl (C=O) groups excluding carboxylic acids is 3. The van der Waals surface area contributed by atoms with Crippen molar-refractivity contribution in [2.24, 2.45) is 17.8 Å². The Morgan fingerprint density at radius 2 is 1.63 bits per heavy atom. The van der Waals surface area contributed by atoms with E-state index in [1.807, 2.05) is 13.0 Å². The van der Waals surface area contributed by atoms with E-state index >= 15 is 0 Å². The normalized spacial score (nSPS) is 19.3. The minimum absolute atomic E-state index is 0.0272. The smallest absolute Gasteiger partial charge is 0.340 e. The molecule has 46 heavy (non-hydrogen) atoms. The van der Waals surface area contributed by atoms with Crippen molar-refractivity contribution in [3.8, 4) is 5.75 Å². The van der Waals surface area contributed by atoms with E-state index in [-0.39, 0.29) is 41.9 Å². The molecule has 3 amide bonds. The highest BCUT2D eigenvalue weighted by Crippen LogP contribution is 2.30. The highest BCUT2D eigenvalue weighted by Gasteiger charge is 2.32. The van der Waals surface area contributed by atoms with Gasteiger partial charge < -0.3 is 29.8 Å². The Balaban J connectivity index is 1.05. The lowest BCUT2D eigenvalue weighted by Crippen LogP contribution is -2.45. The summed E-state index contributed by atoms with van der Waals surface area (Å²) in [6, 6.07) is 12.8. The van der Waals surface area contributed by atoms with Gasteiger partial charge in [-0.2, -0.15) is 0 Å². The minimum Gasteiger partial charge on any atom is -0.497 e. The molecular formula is C35H41N3O8. The largest absolute Gasteiger partial charge is 0.497 e. The van der Waals surface area contributed by atoms with Crippen molar-refractivity contribution in [3.05, 3.63) is 75.6 Å². The van der Waals surface area contributed by atoms with Gasteiger partial charge in [-0.05, 0) is 74.6 Å². The Kier molecular flexibility index (Phi) is 10.4. The van der Waals surface area contributed by atoms with Gasteiger partial charge in [-0.3, -0.25) is 14.4 Å². The van der Waals surface area contributed by atoms with Crippen molar-refractivity contribution in [1.82, 2.24) is 15.5 Å². The van der Waals surface area contributed by atoms with Crippen LogP contribution >= 0.6 is 0 Å². The van der Waals surface area contributed by atoms with Crippen LogP contribution < -0.4 is 21.0 Å². The van der Waals surface area contributed by atoms with Gasteiger partial charge in [0.1, 0.15) is 11.3 Å². The molecule has 3 aromatic rings. The predicted octanol–water partition coefficient (Wildman–Crippen LogP) is 3.76. The lowest BCUT2D eigenvalue weighted by atomic mass is 9.81. The van der Waals surface area contributed by atoms with Gasteiger partial charge in [0.2, 0.25) is 17.7 Å². The zero-order valence-electron chi connectivity index (χ0n) is 26.3. The first-order valence-corrected chi connectivity index (χ1v) is 15.9. The number of hydrogen-bond donors (Lipinski definition) is 3. The highest BCUT2D eigenvalue weighted by atomic mass is 16.5. The number of ether oxygens (including phenoxy) is 1. The predicted molar refractivity (Wildman–Crippen MR) is 170 cm³/mol. The maximum absolute atomic E-state index is 13.1. The van der Waals surface area contributed by atoms with Crippen LogP contribution in [0.4, 0.5) is 0 Å². The molecule has 1 aliphatic heterocycles. The Hall–Kier alpha value is -4.67. The fourth-order valence-corrected chi connectivity index (χ4v) is 6.57. The molecule has 0 radical (unpaired) electrons. The molecule has 3 N–H and O–H groups in total. The molecule has 0 bridgehead atoms. The molecule has 2 aromatic carbocycles. The van der Waals surface area contributed by atoms with Gasteiger partial charge in [0.25, 0.3) is 0 Å². The van der Waals surface area contributed by atoms with Crippen LogP contribution in [-0.2, 0) is 25.6 Å². The summed E-state index contributed by atoms with van der Waals surface area (Å²) < 4.78 is 10.7. The molecular weight excluding hydrogens is 590 g/mol. The summed E-state index contributed by atoms with van der Waals surface area (Å²) in [7, 11) is 1.54. The number of carbonyl (C=O) groups is 4. The molecule has 244 valence electrons. The number of methoxy groups -OCH3 is 1. The highest BCUT2D eigenvalue weighted by molar-refractivity contribution is 5.87. The molecule has 1 aliphatic carbocycles. The van der Waals surface area contributed by atoms with Gasteiger partial charge in [-0.15, -0.1) is 0 Å². The van der Waals surface area contributed by atoms with Crippen molar-refractivity contribution in [3.63, 3.8) is 0 Å². The molecule has 1 saturated carbocycles. The molecule has 2 heterocycles. The number of amides is 3. The average molecular weight is 632 g/mol. The standard InChI is InChI=1S/C35H41N3O8/c1-21-27-13-12-26(45-2)18-29(27)46-35(44)28(21)19-30(39)38-16-14-25(15-17-38)32(40)36-20-22-8-10-24(11-9-22)33(41)37-31(34(42)43)23-6-4-3-5-7-23/h3-7,12-13,18,22,24-25,31H,8-11,14-17,19-20H2,1-2H3,(H,36,40)(H,37,41)(H,42,43). The molecule has 5 rings (SSSR count). The van der Waals surface area contributed by atoms with E-state index in [0.717, 1.165) is 18.2 Å². The molecule has 0 spiro atoms. The first kappa shape index (κ1) is 32.7. The van der Waals surface area contributed by atoms with E-state index in [9.17, 15) is 29.1 Å². The van der Waals surface area contributed by atoms with Gasteiger partial charge in [0.15, 0.2) is 6.04 Å². The van der Waals surface area contributed by atoms with Crippen LogP contribution in [0.25, 0.3) is 11.0 Å². The maximum atomic E-state index is 13.1. The second kappa shape index (κ2) is 14.6. The number of benzene rings is 2. The molecule has 1 unspecified atom stereocenters. The van der Waals surface area contributed by atoms with Crippen molar-refractivity contribution < 1.29 is 33.4 Å². The molecule has 1 aromatic heterocycles. The van der Waals surface area contributed by atoms with Crippen LogP contribution in [0, 0.1) is 24.7 Å². The lowest BCUT2D eigenvalue weighted by Gasteiger charge is -2.32. The topological polar surface area (TPSA) is 155 Å². The summed E-state index contributed by atoms with van der Waals surface area (Å²) in [4.78, 5) is 65.1. The molecule has 11 nitrogen and oxygen atoms in total. The van der Waals surface area contributed by atoms with E-state index in [0.29, 0.717) is 73.3 Å². The minimum atomic E-state index is -1.10. The zero-order chi connectivity index (χ0) is 32.8. The Labute approximate surface area is 267 Å². The van der Waals surface area contributed by atoms with Gasteiger partial charge in [0, 0.05) is 42.9 Å². The number of aryl methyl sites for hydroxylation is 1. The van der Waals surface area contributed by atoms with Crippen LogP contribution in [0.15, 0.2) is 57.7 Å². The third kappa shape index (κ3) is 7.58. The van der Waals surface area contributed by atoms with E-state index in [4.69, 9.17) is 9.15 Å². The molecule has 2 aliphatic rings. The van der Waals surface area contributed by atoms with Crippen molar-refractivity contribution in [2.75, 3.05) is 26.7 Å². The molecule has 1 saturated heterocycles. The lowest BCUT2D eigenvalue weighted by molar-refractivity contribution is -0.143. The molecule has 11 heteroatoms. The summed E-state index contributed by atoms with van der Waals surface area (Å²) in [5, 5.41) is 16.1. The zero-order valence-corrected chi connectivity index (χ0v) is 26.3. The Morgan fingerprint density at radius 3 is 2.28 bits per heavy atom. The molecule has 2 fully saturated rings. The number of likely N-dealkylation sites (tertiary alicyclic amines) is 1. The van der Waals surface area contributed by atoms with Crippen molar-refractivity contribution in [2.45, 2.75) is 57.9 Å². The van der Waals surface area contributed by atoms with Gasteiger partial charge >= 0.3 is 11.6 Å². The third-order valence-corrected chi connectivity index (χ3v) is 9.49. The van der Waals surface area contributed by atoms with E-state index in [1.54, 1.807) is 47.4 Å². The first-order chi connectivity index (χ1) is 22.1. The fourth-order valence-electron chi connectivity index (χ4n) is 6.57. The second-order valence-corrected chi connectivity index (χ2v) is 12.3. The number of hydrogen-bond acceptors (Lipinski definition) is 7. The van der Waals surface area contributed by atoms with E-state index < -0.39 is 17.6 Å². The van der Waals surface area contributed by atoms with Gasteiger partial charge in [0.05, 0.1) is 19.1 Å². The number of rotatable bonds is 10. The third-order valence-electron chi connectivity index (χ3n) is 9.49. The number of piperidine rings is 1.